The lowest BCUT2D eigenvalue weighted by molar-refractivity contribution is -0.141. The molecule has 20 heavy (non-hydrogen) atoms. The van der Waals surface area contributed by atoms with Crippen LogP contribution in [0.4, 0.5) is 5.69 Å². The second-order valence-corrected chi connectivity index (χ2v) is 5.76. The summed E-state index contributed by atoms with van der Waals surface area (Å²) in [5.41, 5.74) is 6.09. The molecule has 0 unspecified atom stereocenters. The molecule has 7 nitrogen and oxygen atoms in total. The summed E-state index contributed by atoms with van der Waals surface area (Å²) >= 11 is 0. The fourth-order valence-corrected chi connectivity index (χ4v) is 2.11. The number of rotatable bonds is 8. The van der Waals surface area contributed by atoms with E-state index in [9.17, 15) is 13.2 Å². The number of hydrogen-bond donors (Lipinski definition) is 2. The first-order valence-corrected chi connectivity index (χ1v) is 7.70. The number of nitrogens with one attached hydrogen (secondary N) is 1. The molecule has 0 heterocycles. The Morgan fingerprint density at radius 2 is 2.05 bits per heavy atom. The smallest absolute Gasteiger partial charge is 0.320 e. The highest BCUT2D eigenvalue weighted by Gasteiger charge is 2.13. The van der Waals surface area contributed by atoms with Crippen LogP contribution < -0.4 is 15.2 Å². The van der Waals surface area contributed by atoms with Crippen molar-refractivity contribution in [3.63, 3.8) is 0 Å². The van der Waals surface area contributed by atoms with Crippen molar-refractivity contribution in [1.29, 1.82) is 0 Å². The van der Waals surface area contributed by atoms with Gasteiger partial charge in [0.2, 0.25) is 10.0 Å². The van der Waals surface area contributed by atoms with Crippen LogP contribution in [0.1, 0.15) is 6.92 Å². The van der Waals surface area contributed by atoms with E-state index < -0.39 is 16.0 Å². The van der Waals surface area contributed by atoms with Gasteiger partial charge in [0, 0.05) is 0 Å². The zero-order chi connectivity index (χ0) is 15.0. The van der Waals surface area contributed by atoms with E-state index >= 15 is 0 Å². The van der Waals surface area contributed by atoms with Crippen molar-refractivity contribution in [1.82, 2.24) is 4.72 Å². The molecule has 0 saturated carbocycles. The Morgan fingerprint density at radius 3 is 2.70 bits per heavy atom. The number of nitrogen functional groups attached to an aromatic ring is 1. The van der Waals surface area contributed by atoms with Crippen molar-refractivity contribution < 1.29 is 22.7 Å². The van der Waals surface area contributed by atoms with E-state index in [1.807, 2.05) is 0 Å². The Kier molecular flexibility index (Phi) is 6.26. The van der Waals surface area contributed by atoms with Gasteiger partial charge < -0.3 is 15.2 Å². The summed E-state index contributed by atoms with van der Waals surface area (Å²) in [6, 6.07) is 6.79. The fourth-order valence-electron chi connectivity index (χ4n) is 1.33. The van der Waals surface area contributed by atoms with Crippen LogP contribution in [0.2, 0.25) is 0 Å². The molecule has 0 saturated heterocycles. The summed E-state index contributed by atoms with van der Waals surface area (Å²) in [5.74, 6) is -0.474. The van der Waals surface area contributed by atoms with Gasteiger partial charge in [-0.1, -0.05) is 12.1 Å². The molecule has 8 heteroatoms. The second kappa shape index (κ2) is 7.71. The third-order valence-corrected chi connectivity index (χ3v) is 3.56. The minimum atomic E-state index is -3.59. The Balaban J connectivity index is 2.37. The van der Waals surface area contributed by atoms with E-state index in [2.05, 4.69) is 9.46 Å². The van der Waals surface area contributed by atoms with Gasteiger partial charge in [-0.05, 0) is 19.1 Å². The maximum Gasteiger partial charge on any atom is 0.320 e. The molecule has 1 aromatic carbocycles. The number of sulfonamides is 1. The van der Waals surface area contributed by atoms with Gasteiger partial charge >= 0.3 is 5.97 Å². The number of nitrogens with two attached hydrogens (primary N) is 1. The first kappa shape index (κ1) is 16.3. The van der Waals surface area contributed by atoms with Crippen LogP contribution in [0.25, 0.3) is 0 Å². The lowest BCUT2D eigenvalue weighted by Gasteiger charge is -2.09. The van der Waals surface area contributed by atoms with Gasteiger partial charge in [-0.15, -0.1) is 0 Å². The Hall–Kier alpha value is -1.80. The van der Waals surface area contributed by atoms with Crippen molar-refractivity contribution in [2.45, 2.75) is 6.92 Å². The maximum absolute atomic E-state index is 11.6. The molecule has 1 rings (SSSR count). The number of benzene rings is 1. The molecule has 0 bridgehead atoms. The van der Waals surface area contributed by atoms with E-state index in [4.69, 9.17) is 10.5 Å². The highest BCUT2D eigenvalue weighted by atomic mass is 32.2. The molecule has 0 aliphatic rings. The summed E-state index contributed by atoms with van der Waals surface area (Å²) in [6.07, 6.45) is 0. The average molecular weight is 302 g/mol. The van der Waals surface area contributed by atoms with Gasteiger partial charge in [0.05, 0.1) is 18.0 Å². The SMILES string of the molecule is CCOC(=O)CNS(=O)(=O)CCOc1ccccc1N. The molecular formula is C12H18N2O5S. The number of para-hydroxylation sites is 2. The molecular weight excluding hydrogens is 284 g/mol. The monoisotopic (exact) mass is 302 g/mol. The van der Waals surface area contributed by atoms with E-state index in [1.165, 1.54) is 0 Å². The zero-order valence-electron chi connectivity index (χ0n) is 11.2. The Morgan fingerprint density at radius 1 is 1.35 bits per heavy atom. The molecule has 0 radical (unpaired) electrons. The van der Waals surface area contributed by atoms with Gasteiger partial charge in [-0.25, -0.2) is 13.1 Å². The van der Waals surface area contributed by atoms with E-state index in [0.717, 1.165) is 0 Å². The topological polar surface area (TPSA) is 108 Å². The van der Waals surface area contributed by atoms with Gasteiger partial charge in [0.1, 0.15) is 18.9 Å². The molecule has 0 aliphatic carbocycles. The van der Waals surface area contributed by atoms with Crippen LogP contribution in [-0.4, -0.2) is 39.9 Å². The predicted octanol–water partition coefficient (Wildman–Crippen LogP) is 0.130. The third-order valence-electron chi connectivity index (χ3n) is 2.27. The first-order valence-electron chi connectivity index (χ1n) is 6.05. The van der Waals surface area contributed by atoms with Gasteiger partial charge in [0.25, 0.3) is 0 Å². The van der Waals surface area contributed by atoms with Crippen molar-refractivity contribution in [3.05, 3.63) is 24.3 Å². The summed E-state index contributed by atoms with van der Waals surface area (Å²) in [7, 11) is -3.59. The third kappa shape index (κ3) is 5.89. The van der Waals surface area contributed by atoms with Crippen LogP contribution in [0, 0.1) is 0 Å². The Bertz CT molecular complexity index is 545. The number of anilines is 1. The van der Waals surface area contributed by atoms with Crippen molar-refractivity contribution in [3.8, 4) is 5.75 Å². The van der Waals surface area contributed by atoms with Crippen LogP contribution in [0.5, 0.6) is 5.75 Å². The number of ether oxygens (including phenoxy) is 2. The predicted molar refractivity (Wildman–Crippen MR) is 74.8 cm³/mol. The standard InChI is InChI=1S/C12H18N2O5S/c1-2-18-12(15)9-14-20(16,17)8-7-19-11-6-4-3-5-10(11)13/h3-6,14H,2,7-9,13H2,1H3. The average Bonchev–Trinajstić information content (AvgIpc) is 2.39. The van der Waals surface area contributed by atoms with E-state index in [-0.39, 0.29) is 25.5 Å². The number of hydrogen-bond acceptors (Lipinski definition) is 6. The van der Waals surface area contributed by atoms with E-state index in [1.54, 1.807) is 31.2 Å². The minimum absolute atomic E-state index is 0.0631. The minimum Gasteiger partial charge on any atom is -0.490 e. The summed E-state index contributed by atoms with van der Waals surface area (Å²) in [4.78, 5) is 11.0. The lowest BCUT2D eigenvalue weighted by atomic mass is 10.3. The number of esters is 1. The summed E-state index contributed by atoms with van der Waals surface area (Å²) in [6.45, 7) is 1.40. The van der Waals surface area contributed by atoms with E-state index in [0.29, 0.717) is 11.4 Å². The lowest BCUT2D eigenvalue weighted by Crippen LogP contribution is -2.34. The fraction of sp³-hybridized carbons (Fsp3) is 0.417. The van der Waals surface area contributed by atoms with Gasteiger partial charge in [0.15, 0.2) is 0 Å². The number of carbonyl (C=O) groups excluding carboxylic acids is 1. The molecule has 0 amide bonds. The molecule has 1 aromatic rings. The first-order chi connectivity index (χ1) is 9.44. The molecule has 0 spiro atoms. The molecule has 3 N–H and O–H groups in total. The molecule has 0 aliphatic heterocycles. The summed E-state index contributed by atoms with van der Waals surface area (Å²) in [5, 5.41) is 0. The largest absolute Gasteiger partial charge is 0.490 e. The molecule has 0 aromatic heterocycles. The second-order valence-electron chi connectivity index (χ2n) is 3.83. The number of carbonyl (C=O) groups is 1. The highest BCUT2D eigenvalue weighted by Crippen LogP contribution is 2.19. The van der Waals surface area contributed by atoms with Crippen molar-refractivity contribution in [2.75, 3.05) is 31.2 Å². The quantitative estimate of drug-likeness (QED) is 0.522. The molecule has 0 atom stereocenters. The van der Waals surface area contributed by atoms with Crippen molar-refractivity contribution in [2.24, 2.45) is 0 Å². The zero-order valence-corrected chi connectivity index (χ0v) is 12.0. The normalized spacial score (nSPS) is 11.1. The van der Waals surface area contributed by atoms with Crippen LogP contribution in [0.3, 0.4) is 0 Å². The van der Waals surface area contributed by atoms with Gasteiger partial charge in [-0.3, -0.25) is 4.79 Å². The molecule has 112 valence electrons. The highest BCUT2D eigenvalue weighted by molar-refractivity contribution is 7.89. The summed E-state index contributed by atoms with van der Waals surface area (Å²) < 4.78 is 35.2. The van der Waals surface area contributed by atoms with Crippen molar-refractivity contribution >= 4 is 21.7 Å². The van der Waals surface area contributed by atoms with Crippen LogP contribution in [-0.2, 0) is 19.6 Å². The molecule has 0 fully saturated rings. The van der Waals surface area contributed by atoms with Crippen LogP contribution in [0.15, 0.2) is 24.3 Å². The van der Waals surface area contributed by atoms with Crippen LogP contribution >= 0.6 is 0 Å². The maximum atomic E-state index is 11.6. The Labute approximate surface area is 118 Å². The van der Waals surface area contributed by atoms with Gasteiger partial charge in [-0.2, -0.15) is 0 Å².